The molecule has 29 heavy (non-hydrogen) atoms. The van der Waals surface area contributed by atoms with Crippen LogP contribution in [0.15, 0.2) is 52.5 Å². The Morgan fingerprint density at radius 1 is 1.17 bits per heavy atom. The number of nitrogens with zero attached hydrogens (tertiary/aromatic N) is 3. The van der Waals surface area contributed by atoms with Gasteiger partial charge in [-0.2, -0.15) is 5.10 Å². The van der Waals surface area contributed by atoms with Crippen molar-refractivity contribution in [2.75, 3.05) is 31.3 Å². The zero-order chi connectivity index (χ0) is 20.6. The number of carbonyl (C=O) groups excluding carboxylic acids is 1. The van der Waals surface area contributed by atoms with E-state index in [0.717, 1.165) is 0 Å². The second-order valence-electron chi connectivity index (χ2n) is 6.57. The highest BCUT2D eigenvalue weighted by molar-refractivity contribution is 8.08. The summed E-state index contributed by atoms with van der Waals surface area (Å²) >= 11 is 6.02. The van der Waals surface area contributed by atoms with Gasteiger partial charge in [-0.15, -0.1) is 0 Å². The van der Waals surface area contributed by atoms with E-state index >= 15 is 0 Å². The third kappa shape index (κ3) is 3.73. The van der Waals surface area contributed by atoms with E-state index in [1.807, 2.05) is 0 Å². The lowest BCUT2D eigenvalue weighted by Crippen LogP contribution is -2.47. The lowest BCUT2D eigenvalue weighted by molar-refractivity contribution is -0.127. The molecular weight excluding hydrogens is 421 g/mol. The number of hydrogen-bond acceptors (Lipinski definition) is 6. The van der Waals surface area contributed by atoms with Gasteiger partial charge in [0.25, 0.3) is 5.91 Å². The third-order valence-electron chi connectivity index (χ3n) is 4.71. The van der Waals surface area contributed by atoms with Gasteiger partial charge in [0.1, 0.15) is 10.7 Å². The van der Waals surface area contributed by atoms with E-state index in [-0.39, 0.29) is 35.2 Å². The summed E-state index contributed by atoms with van der Waals surface area (Å²) in [4.78, 5) is 14.2. The molecule has 2 aliphatic rings. The molecule has 1 amide bonds. The quantitative estimate of drug-likeness (QED) is 0.737. The Kier molecular flexibility index (Phi) is 5.28. The van der Waals surface area contributed by atoms with Crippen molar-refractivity contribution in [3.63, 3.8) is 0 Å². The molecule has 1 saturated heterocycles. The van der Waals surface area contributed by atoms with Gasteiger partial charge in [-0.3, -0.25) is 9.80 Å². The van der Waals surface area contributed by atoms with E-state index in [1.54, 1.807) is 18.2 Å². The van der Waals surface area contributed by atoms with Gasteiger partial charge in [0.15, 0.2) is 0 Å². The molecule has 2 aromatic carbocycles. The predicted octanol–water partition coefficient (Wildman–Crippen LogP) is 2.45. The summed E-state index contributed by atoms with van der Waals surface area (Å²) < 4.78 is 45.7. The highest BCUT2D eigenvalue weighted by Gasteiger charge is 2.40. The number of carbonyl (C=O) groups is 1. The van der Waals surface area contributed by atoms with E-state index in [9.17, 15) is 17.6 Å². The number of morpholine rings is 1. The highest BCUT2D eigenvalue weighted by Crippen LogP contribution is 2.35. The average molecular weight is 438 g/mol. The number of rotatable bonds is 3. The minimum atomic E-state index is -4.19. The van der Waals surface area contributed by atoms with Gasteiger partial charge in [-0.05, 0) is 24.3 Å². The van der Waals surface area contributed by atoms with Gasteiger partial charge in [0.05, 0.1) is 25.4 Å². The molecule has 7 nitrogen and oxygen atoms in total. The van der Waals surface area contributed by atoms with Crippen molar-refractivity contribution in [1.82, 2.24) is 4.90 Å². The number of hydrazone groups is 1. The van der Waals surface area contributed by atoms with Crippen LogP contribution in [0.1, 0.15) is 5.56 Å². The van der Waals surface area contributed by atoms with E-state index in [1.165, 1.54) is 34.2 Å². The lowest BCUT2D eigenvalue weighted by Gasteiger charge is -2.31. The Bertz CT molecular complexity index is 1100. The highest BCUT2D eigenvalue weighted by atomic mass is 35.5. The van der Waals surface area contributed by atoms with E-state index in [0.29, 0.717) is 18.8 Å². The fourth-order valence-corrected chi connectivity index (χ4v) is 4.95. The second kappa shape index (κ2) is 7.74. The van der Waals surface area contributed by atoms with E-state index in [4.69, 9.17) is 16.3 Å². The average Bonchev–Trinajstić information content (AvgIpc) is 2.72. The number of ether oxygens (including phenoxy) is 1. The molecule has 1 fully saturated rings. The van der Waals surface area contributed by atoms with Crippen molar-refractivity contribution in [2.45, 2.75) is 11.4 Å². The molecule has 2 aromatic rings. The van der Waals surface area contributed by atoms with Crippen LogP contribution in [-0.2, 0) is 25.9 Å². The van der Waals surface area contributed by atoms with Gasteiger partial charge in [-0.1, -0.05) is 29.8 Å². The van der Waals surface area contributed by atoms with Crippen LogP contribution in [0, 0.1) is 5.82 Å². The number of hydrogen-bond donors (Lipinski definition) is 0. The zero-order valence-electron chi connectivity index (χ0n) is 15.2. The van der Waals surface area contributed by atoms with Gasteiger partial charge >= 0.3 is 0 Å². The molecule has 0 aromatic heterocycles. The molecule has 2 heterocycles. The van der Waals surface area contributed by atoms with Gasteiger partial charge in [0, 0.05) is 23.7 Å². The Balaban J connectivity index is 1.80. The van der Waals surface area contributed by atoms with Crippen LogP contribution in [-0.4, -0.2) is 50.6 Å². The molecule has 2 aliphatic heterocycles. The second-order valence-corrected chi connectivity index (χ2v) is 8.84. The zero-order valence-corrected chi connectivity index (χ0v) is 16.8. The van der Waals surface area contributed by atoms with Crippen molar-refractivity contribution in [3.8, 4) is 0 Å². The smallest absolute Gasteiger partial charge is 0.286 e. The molecule has 10 heteroatoms. The van der Waals surface area contributed by atoms with E-state index < -0.39 is 26.6 Å². The summed E-state index contributed by atoms with van der Waals surface area (Å²) in [7, 11) is -4.19. The molecule has 0 bridgehead atoms. The van der Waals surface area contributed by atoms with E-state index in [2.05, 4.69) is 5.10 Å². The summed E-state index contributed by atoms with van der Waals surface area (Å²) in [5.41, 5.74) is 0.547. The molecule has 4 rings (SSSR count). The number of amides is 1. The van der Waals surface area contributed by atoms with Gasteiger partial charge in [-0.25, -0.2) is 12.8 Å². The number of anilines is 1. The predicted molar refractivity (Wildman–Crippen MR) is 106 cm³/mol. The molecule has 0 unspecified atom stereocenters. The van der Waals surface area contributed by atoms with Gasteiger partial charge < -0.3 is 9.64 Å². The first-order valence-electron chi connectivity index (χ1n) is 8.89. The molecule has 0 aliphatic carbocycles. The monoisotopic (exact) mass is 437 g/mol. The summed E-state index contributed by atoms with van der Waals surface area (Å²) in [6.45, 7) is 1.13. The van der Waals surface area contributed by atoms with Crippen molar-refractivity contribution in [3.05, 3.63) is 58.9 Å². The summed E-state index contributed by atoms with van der Waals surface area (Å²) in [5.74, 6) is -1.16. The normalized spacial score (nSPS) is 18.2. The van der Waals surface area contributed by atoms with Crippen molar-refractivity contribution < 1.29 is 22.3 Å². The molecular formula is C19H17ClFN3O4S. The van der Waals surface area contributed by atoms with Crippen molar-refractivity contribution in [1.29, 1.82) is 0 Å². The van der Waals surface area contributed by atoms with Crippen LogP contribution in [0.2, 0.25) is 5.02 Å². The topological polar surface area (TPSA) is 79.3 Å². The summed E-state index contributed by atoms with van der Waals surface area (Å²) in [5, 5.41) is 5.06. The SMILES string of the molecule is O=C(C1=NN(Cc2ccccc2F)c2ccc(Cl)cc2S1(=O)=O)N1CCOCC1. The maximum atomic E-state index is 14.2. The number of fused-ring (bicyclic) bond motifs is 1. The fourth-order valence-electron chi connectivity index (χ4n) is 3.21. The Hall–Kier alpha value is -2.49. The Morgan fingerprint density at radius 2 is 1.90 bits per heavy atom. The number of benzene rings is 2. The molecule has 0 saturated carbocycles. The molecule has 0 atom stereocenters. The van der Waals surface area contributed by atoms with Crippen LogP contribution < -0.4 is 5.01 Å². The van der Waals surface area contributed by atoms with Crippen molar-refractivity contribution >= 4 is 38.1 Å². The number of sulfone groups is 1. The Labute approximate surface area is 172 Å². The molecule has 152 valence electrons. The maximum absolute atomic E-state index is 14.2. The minimum Gasteiger partial charge on any atom is -0.378 e. The lowest BCUT2D eigenvalue weighted by atomic mass is 10.2. The van der Waals surface area contributed by atoms with Crippen LogP contribution in [0.5, 0.6) is 0 Å². The summed E-state index contributed by atoms with van der Waals surface area (Å²) in [6, 6.07) is 10.4. The summed E-state index contributed by atoms with van der Waals surface area (Å²) in [6.07, 6.45) is 0. The standard InChI is InChI=1S/C19H17ClFN3O4S/c20-14-5-6-16-17(11-14)29(26,27)18(19(25)23-7-9-28-10-8-23)22-24(16)12-13-3-1-2-4-15(13)21/h1-6,11H,7-10,12H2. The minimum absolute atomic E-state index is 0.0449. The van der Waals surface area contributed by atoms with Crippen LogP contribution in [0.25, 0.3) is 0 Å². The third-order valence-corrected chi connectivity index (χ3v) is 6.62. The Morgan fingerprint density at radius 3 is 2.62 bits per heavy atom. The first kappa shape index (κ1) is 19.8. The van der Waals surface area contributed by atoms with Gasteiger partial charge in [0.2, 0.25) is 14.9 Å². The number of halogens is 2. The largest absolute Gasteiger partial charge is 0.378 e. The van der Waals surface area contributed by atoms with Crippen molar-refractivity contribution in [2.24, 2.45) is 5.10 Å². The maximum Gasteiger partial charge on any atom is 0.286 e. The molecule has 0 radical (unpaired) electrons. The van der Waals surface area contributed by atoms with Crippen LogP contribution in [0.4, 0.5) is 10.1 Å². The first-order chi connectivity index (χ1) is 13.9. The first-order valence-corrected chi connectivity index (χ1v) is 10.8. The van der Waals surface area contributed by atoms with Crippen LogP contribution in [0.3, 0.4) is 0 Å². The molecule has 0 spiro atoms. The molecule has 0 N–H and O–H groups in total. The van der Waals surface area contributed by atoms with Crippen LogP contribution >= 0.6 is 11.6 Å². The fraction of sp³-hybridized carbons (Fsp3) is 0.263.